The predicted molar refractivity (Wildman–Crippen MR) is 98.8 cm³/mol. The van der Waals surface area contributed by atoms with E-state index in [4.69, 9.17) is 10.5 Å². The highest BCUT2D eigenvalue weighted by Gasteiger charge is 2.19. The molecule has 0 saturated heterocycles. The number of benzene rings is 2. The Bertz CT molecular complexity index is 886. The third-order valence-electron chi connectivity index (χ3n) is 4.29. The van der Waals surface area contributed by atoms with Crippen LogP contribution in [0.1, 0.15) is 11.1 Å². The molecule has 26 heavy (non-hydrogen) atoms. The van der Waals surface area contributed by atoms with Gasteiger partial charge in [-0.15, -0.1) is 0 Å². The van der Waals surface area contributed by atoms with E-state index in [9.17, 15) is 4.79 Å². The fraction of sp³-hybridized carbons (Fsp3) is 0.250. The van der Waals surface area contributed by atoms with E-state index < -0.39 is 12.0 Å². The van der Waals surface area contributed by atoms with Gasteiger partial charge in [0.2, 0.25) is 0 Å². The average Bonchev–Trinajstić information content (AvgIpc) is 3.00. The van der Waals surface area contributed by atoms with Gasteiger partial charge in [-0.2, -0.15) is 4.89 Å². The predicted octanol–water partition coefficient (Wildman–Crippen LogP) is 2.67. The van der Waals surface area contributed by atoms with Crippen LogP contribution in [0.5, 0.6) is 5.75 Å². The summed E-state index contributed by atoms with van der Waals surface area (Å²) >= 11 is 0. The van der Waals surface area contributed by atoms with E-state index in [0.29, 0.717) is 13.0 Å². The van der Waals surface area contributed by atoms with Gasteiger partial charge in [0.25, 0.3) is 0 Å². The van der Waals surface area contributed by atoms with Gasteiger partial charge >= 0.3 is 5.97 Å². The largest absolute Gasteiger partial charge is 0.497 e. The maximum Gasteiger partial charge on any atom is 0.359 e. The number of rotatable bonds is 7. The minimum Gasteiger partial charge on any atom is -0.497 e. The summed E-state index contributed by atoms with van der Waals surface area (Å²) in [4.78, 5) is 20.7. The van der Waals surface area contributed by atoms with E-state index in [1.807, 2.05) is 48.7 Å². The Hall–Kier alpha value is -2.83. The van der Waals surface area contributed by atoms with Crippen molar-refractivity contribution in [2.45, 2.75) is 19.0 Å². The summed E-state index contributed by atoms with van der Waals surface area (Å²) in [5.74, 6) is 0.244. The van der Waals surface area contributed by atoms with Crippen molar-refractivity contribution in [3.05, 3.63) is 65.9 Å². The molecule has 6 heteroatoms. The molecule has 0 aliphatic heterocycles. The van der Waals surface area contributed by atoms with Crippen LogP contribution in [0, 0.1) is 0 Å². The van der Waals surface area contributed by atoms with Crippen LogP contribution >= 0.6 is 0 Å². The van der Waals surface area contributed by atoms with Crippen LogP contribution < -0.4 is 10.5 Å². The lowest BCUT2D eigenvalue weighted by Gasteiger charge is -2.08. The number of aromatic nitrogens is 1. The molecule has 2 N–H and O–H groups in total. The van der Waals surface area contributed by atoms with Crippen molar-refractivity contribution in [2.75, 3.05) is 14.2 Å². The van der Waals surface area contributed by atoms with E-state index in [-0.39, 0.29) is 0 Å². The second-order valence-electron chi connectivity index (χ2n) is 6.03. The van der Waals surface area contributed by atoms with Gasteiger partial charge in [0.15, 0.2) is 0 Å². The molecule has 1 heterocycles. The Morgan fingerprint density at radius 1 is 1.12 bits per heavy atom. The molecule has 1 aromatic heterocycles. The number of carbonyl (C=O) groups excluding carboxylic acids is 1. The Balaban J connectivity index is 1.87. The quantitative estimate of drug-likeness (QED) is 0.521. The van der Waals surface area contributed by atoms with Crippen molar-refractivity contribution < 1.29 is 19.3 Å². The molecule has 0 radical (unpaired) electrons. The molecular weight excluding hydrogens is 332 g/mol. The normalized spacial score (nSPS) is 12.1. The van der Waals surface area contributed by atoms with Crippen molar-refractivity contribution in [1.82, 2.24) is 4.57 Å². The minimum absolute atomic E-state index is 0.373. The maximum absolute atomic E-state index is 11.8. The fourth-order valence-electron chi connectivity index (χ4n) is 3.01. The monoisotopic (exact) mass is 354 g/mol. The van der Waals surface area contributed by atoms with Crippen molar-refractivity contribution in [2.24, 2.45) is 5.73 Å². The highest BCUT2D eigenvalue weighted by Crippen LogP contribution is 2.24. The molecule has 0 aliphatic carbocycles. The van der Waals surface area contributed by atoms with Gasteiger partial charge in [-0.1, -0.05) is 30.3 Å². The molecule has 6 nitrogen and oxygen atoms in total. The van der Waals surface area contributed by atoms with Gasteiger partial charge < -0.3 is 15.0 Å². The molecule has 0 unspecified atom stereocenters. The van der Waals surface area contributed by atoms with E-state index in [1.54, 1.807) is 7.11 Å². The van der Waals surface area contributed by atoms with Gasteiger partial charge in [0.1, 0.15) is 11.8 Å². The van der Waals surface area contributed by atoms with Crippen molar-refractivity contribution in [3.63, 3.8) is 0 Å². The van der Waals surface area contributed by atoms with Gasteiger partial charge in [0, 0.05) is 30.1 Å². The maximum atomic E-state index is 11.8. The zero-order valence-electron chi connectivity index (χ0n) is 14.8. The van der Waals surface area contributed by atoms with Crippen LogP contribution in [0.25, 0.3) is 10.9 Å². The average molecular weight is 354 g/mol. The zero-order valence-corrected chi connectivity index (χ0v) is 14.8. The number of methoxy groups -OCH3 is 1. The molecule has 0 amide bonds. The highest BCUT2D eigenvalue weighted by molar-refractivity contribution is 5.85. The topological polar surface area (TPSA) is 75.7 Å². The summed E-state index contributed by atoms with van der Waals surface area (Å²) in [7, 11) is 2.93. The van der Waals surface area contributed by atoms with Crippen LogP contribution in [0.15, 0.2) is 54.7 Å². The molecular formula is C20H22N2O4. The minimum atomic E-state index is -0.782. The molecule has 0 bridgehead atoms. The number of hydrogen-bond donors (Lipinski definition) is 1. The van der Waals surface area contributed by atoms with Crippen molar-refractivity contribution in [1.29, 1.82) is 0 Å². The van der Waals surface area contributed by atoms with E-state index in [2.05, 4.69) is 20.4 Å². The molecule has 3 rings (SSSR count). The van der Waals surface area contributed by atoms with Crippen LogP contribution in [0.4, 0.5) is 0 Å². The Labute approximate surface area is 152 Å². The number of para-hydroxylation sites is 1. The lowest BCUT2D eigenvalue weighted by atomic mass is 10.1. The number of fused-ring (bicyclic) bond motifs is 1. The number of ether oxygens (including phenoxy) is 1. The number of hydrogen-bond acceptors (Lipinski definition) is 5. The van der Waals surface area contributed by atoms with E-state index in [1.165, 1.54) is 7.11 Å². The van der Waals surface area contributed by atoms with Crippen molar-refractivity contribution >= 4 is 16.9 Å². The lowest BCUT2D eigenvalue weighted by molar-refractivity contribution is -0.256. The number of nitrogens with two attached hydrogens (primary N) is 1. The Morgan fingerprint density at radius 3 is 2.54 bits per heavy atom. The second kappa shape index (κ2) is 8.03. The molecule has 136 valence electrons. The first-order valence-corrected chi connectivity index (χ1v) is 8.32. The zero-order chi connectivity index (χ0) is 18.5. The lowest BCUT2D eigenvalue weighted by Crippen LogP contribution is -2.34. The molecule has 0 spiro atoms. The summed E-state index contributed by atoms with van der Waals surface area (Å²) in [6, 6.07) is 15.2. The molecule has 0 fully saturated rings. The van der Waals surface area contributed by atoms with Crippen molar-refractivity contribution in [3.8, 4) is 5.75 Å². The first-order valence-electron chi connectivity index (χ1n) is 8.32. The van der Waals surface area contributed by atoms with Gasteiger partial charge in [0.05, 0.1) is 14.2 Å². The summed E-state index contributed by atoms with van der Waals surface area (Å²) in [6.45, 7) is 0.711. The summed E-state index contributed by atoms with van der Waals surface area (Å²) < 4.78 is 7.36. The highest BCUT2D eigenvalue weighted by atomic mass is 17.2. The molecule has 0 aliphatic rings. The molecule has 3 aromatic rings. The van der Waals surface area contributed by atoms with E-state index >= 15 is 0 Å². The number of nitrogens with zero attached hydrogens (tertiary/aromatic N) is 1. The smallest absolute Gasteiger partial charge is 0.359 e. The van der Waals surface area contributed by atoms with Crippen LogP contribution in [0.3, 0.4) is 0 Å². The van der Waals surface area contributed by atoms with Gasteiger partial charge in [-0.3, -0.25) is 4.89 Å². The second-order valence-corrected chi connectivity index (χ2v) is 6.03. The fourth-order valence-corrected chi connectivity index (χ4v) is 3.01. The van der Waals surface area contributed by atoms with Gasteiger partial charge in [-0.25, -0.2) is 4.79 Å². The van der Waals surface area contributed by atoms with Crippen LogP contribution in [-0.4, -0.2) is 30.8 Å². The molecule has 2 aromatic carbocycles. The Kier molecular flexibility index (Phi) is 5.55. The summed E-state index contributed by atoms with van der Waals surface area (Å²) in [6.07, 6.45) is 2.41. The molecule has 1 atom stereocenters. The third kappa shape index (κ3) is 3.87. The SMILES string of the molecule is COOC(=O)[C@@H](N)Cc1cn(Cc2ccc(OC)cc2)c2ccccc12. The molecule has 0 saturated carbocycles. The first-order chi connectivity index (χ1) is 12.6. The number of carbonyl (C=O) groups is 1. The summed E-state index contributed by atoms with van der Waals surface area (Å²) in [5.41, 5.74) is 9.18. The summed E-state index contributed by atoms with van der Waals surface area (Å²) in [5, 5.41) is 1.07. The van der Waals surface area contributed by atoms with E-state index in [0.717, 1.165) is 27.8 Å². The first kappa shape index (κ1) is 18.0. The standard InChI is InChI=1S/C20H22N2O4/c1-24-16-9-7-14(8-10-16)12-22-13-15(11-18(21)20(23)26-25-2)17-5-3-4-6-19(17)22/h3-10,13,18H,11-12,21H2,1-2H3/t18-/m0/s1. The third-order valence-corrected chi connectivity index (χ3v) is 4.29. The van der Waals surface area contributed by atoms with Gasteiger partial charge in [-0.05, 0) is 29.3 Å². The van der Waals surface area contributed by atoms with Crippen LogP contribution in [-0.2, 0) is 27.5 Å². The Morgan fingerprint density at radius 2 is 1.85 bits per heavy atom. The van der Waals surface area contributed by atoms with Crippen LogP contribution in [0.2, 0.25) is 0 Å².